The van der Waals surface area contributed by atoms with Crippen LogP contribution in [0, 0.1) is 0 Å². The van der Waals surface area contributed by atoms with Crippen molar-refractivity contribution < 1.29 is 14.7 Å². The predicted octanol–water partition coefficient (Wildman–Crippen LogP) is 2.27. The van der Waals surface area contributed by atoms with Crippen molar-refractivity contribution >= 4 is 23.4 Å². The van der Waals surface area contributed by atoms with E-state index < -0.39 is 6.04 Å². The number of hydrogen-bond donors (Lipinski definition) is 3. The van der Waals surface area contributed by atoms with Gasteiger partial charge in [-0.3, -0.25) is 9.59 Å². The van der Waals surface area contributed by atoms with Crippen LogP contribution in [0.2, 0.25) is 5.02 Å². The Bertz CT molecular complexity index is 716. The summed E-state index contributed by atoms with van der Waals surface area (Å²) in [4.78, 5) is 24.2. The molecular formula is C18H19ClN2O3. The van der Waals surface area contributed by atoms with Gasteiger partial charge in [-0.05, 0) is 42.3 Å². The summed E-state index contributed by atoms with van der Waals surface area (Å²) in [6.45, 7) is 1.81. The van der Waals surface area contributed by atoms with Gasteiger partial charge in [0.15, 0.2) is 0 Å². The van der Waals surface area contributed by atoms with Gasteiger partial charge >= 0.3 is 0 Å². The average Bonchev–Trinajstić information content (AvgIpc) is 2.60. The quantitative estimate of drug-likeness (QED) is 0.750. The van der Waals surface area contributed by atoms with Crippen molar-refractivity contribution in [1.82, 2.24) is 10.6 Å². The first-order valence-electron chi connectivity index (χ1n) is 7.53. The van der Waals surface area contributed by atoms with Crippen LogP contribution in [-0.2, 0) is 17.9 Å². The molecule has 2 amide bonds. The Hall–Kier alpha value is -2.37. The normalized spacial score (nSPS) is 11.6. The van der Waals surface area contributed by atoms with Crippen molar-refractivity contribution in [3.05, 3.63) is 70.2 Å². The van der Waals surface area contributed by atoms with E-state index in [0.717, 1.165) is 11.1 Å². The average molecular weight is 347 g/mol. The second-order valence-electron chi connectivity index (χ2n) is 5.35. The highest BCUT2D eigenvalue weighted by Gasteiger charge is 2.16. The van der Waals surface area contributed by atoms with E-state index >= 15 is 0 Å². The fourth-order valence-electron chi connectivity index (χ4n) is 2.17. The van der Waals surface area contributed by atoms with Crippen LogP contribution in [0.1, 0.15) is 28.4 Å². The number of rotatable bonds is 6. The molecule has 0 radical (unpaired) electrons. The van der Waals surface area contributed by atoms with Crippen molar-refractivity contribution in [2.75, 3.05) is 0 Å². The standard InChI is InChI=1S/C18H19ClN2O3/c1-12(21-18(24)13-6-8-16(19)9-7-13)17(23)20-10-14-4-2-3-5-15(14)11-22/h2-9,12,22H,10-11H2,1H3,(H,20,23)(H,21,24). The van der Waals surface area contributed by atoms with Crippen molar-refractivity contribution in [3.63, 3.8) is 0 Å². The molecule has 0 heterocycles. The summed E-state index contributed by atoms with van der Waals surface area (Å²) in [6.07, 6.45) is 0. The van der Waals surface area contributed by atoms with Gasteiger partial charge in [0.25, 0.3) is 5.91 Å². The molecule has 2 rings (SSSR count). The first-order chi connectivity index (χ1) is 11.5. The third kappa shape index (κ3) is 4.81. The maximum atomic E-state index is 12.1. The summed E-state index contributed by atoms with van der Waals surface area (Å²) in [7, 11) is 0. The highest BCUT2D eigenvalue weighted by molar-refractivity contribution is 6.30. The number of nitrogens with one attached hydrogen (secondary N) is 2. The molecule has 0 bridgehead atoms. The number of benzene rings is 2. The molecule has 24 heavy (non-hydrogen) atoms. The lowest BCUT2D eigenvalue weighted by Crippen LogP contribution is -2.44. The molecule has 0 saturated heterocycles. The Balaban J connectivity index is 1.90. The van der Waals surface area contributed by atoms with Crippen molar-refractivity contribution in [2.24, 2.45) is 0 Å². The molecular weight excluding hydrogens is 328 g/mol. The van der Waals surface area contributed by atoms with Gasteiger partial charge in [0.1, 0.15) is 6.04 Å². The second-order valence-corrected chi connectivity index (χ2v) is 5.78. The fraction of sp³-hybridized carbons (Fsp3) is 0.222. The van der Waals surface area contributed by atoms with Gasteiger partial charge in [0.05, 0.1) is 6.61 Å². The van der Waals surface area contributed by atoms with E-state index in [0.29, 0.717) is 10.6 Å². The molecule has 2 aromatic carbocycles. The molecule has 3 N–H and O–H groups in total. The minimum atomic E-state index is -0.686. The van der Waals surface area contributed by atoms with Crippen LogP contribution in [0.4, 0.5) is 0 Å². The lowest BCUT2D eigenvalue weighted by Gasteiger charge is -2.15. The van der Waals surface area contributed by atoms with Crippen LogP contribution in [0.25, 0.3) is 0 Å². The van der Waals surface area contributed by atoms with Crippen LogP contribution < -0.4 is 10.6 Å². The Morgan fingerprint density at radius 1 is 1.08 bits per heavy atom. The number of aliphatic hydroxyl groups excluding tert-OH is 1. The topological polar surface area (TPSA) is 78.4 Å². The molecule has 5 nitrogen and oxygen atoms in total. The molecule has 1 unspecified atom stereocenters. The second kappa shape index (κ2) is 8.47. The van der Waals surface area contributed by atoms with Gasteiger partial charge in [-0.1, -0.05) is 35.9 Å². The summed E-state index contributed by atoms with van der Waals surface area (Å²) in [5, 5.41) is 15.2. The van der Waals surface area contributed by atoms with E-state index in [-0.39, 0.29) is 25.0 Å². The molecule has 0 saturated carbocycles. The van der Waals surface area contributed by atoms with Gasteiger partial charge in [0.2, 0.25) is 5.91 Å². The van der Waals surface area contributed by atoms with Gasteiger partial charge in [-0.25, -0.2) is 0 Å². The van der Waals surface area contributed by atoms with Crippen LogP contribution >= 0.6 is 11.6 Å². The minimum absolute atomic E-state index is 0.0884. The Morgan fingerprint density at radius 2 is 1.71 bits per heavy atom. The van der Waals surface area contributed by atoms with Crippen LogP contribution in [-0.4, -0.2) is 23.0 Å². The van der Waals surface area contributed by atoms with Crippen molar-refractivity contribution in [2.45, 2.75) is 26.1 Å². The zero-order valence-corrected chi connectivity index (χ0v) is 14.0. The third-order valence-corrected chi connectivity index (χ3v) is 3.84. The van der Waals surface area contributed by atoms with E-state index in [1.807, 2.05) is 18.2 Å². The van der Waals surface area contributed by atoms with E-state index in [9.17, 15) is 14.7 Å². The molecule has 6 heteroatoms. The molecule has 1 atom stereocenters. The summed E-state index contributed by atoms with van der Waals surface area (Å²) in [5.41, 5.74) is 2.03. The van der Waals surface area contributed by atoms with Crippen molar-refractivity contribution in [3.8, 4) is 0 Å². The predicted molar refractivity (Wildman–Crippen MR) is 92.6 cm³/mol. The molecule has 0 aliphatic rings. The van der Waals surface area contributed by atoms with Gasteiger partial charge in [0, 0.05) is 17.1 Å². The third-order valence-electron chi connectivity index (χ3n) is 3.59. The summed E-state index contributed by atoms with van der Waals surface area (Å²) in [5.74, 6) is -0.643. The number of carbonyl (C=O) groups is 2. The molecule has 2 aromatic rings. The largest absolute Gasteiger partial charge is 0.392 e. The Labute approximate surface area is 145 Å². The monoisotopic (exact) mass is 346 g/mol. The van der Waals surface area contributed by atoms with E-state index in [4.69, 9.17) is 11.6 Å². The lowest BCUT2D eigenvalue weighted by atomic mass is 10.1. The smallest absolute Gasteiger partial charge is 0.251 e. The molecule has 0 aliphatic heterocycles. The SMILES string of the molecule is CC(NC(=O)c1ccc(Cl)cc1)C(=O)NCc1ccccc1CO. The molecule has 0 aromatic heterocycles. The van der Waals surface area contributed by atoms with Gasteiger partial charge in [-0.15, -0.1) is 0 Å². The maximum absolute atomic E-state index is 12.1. The maximum Gasteiger partial charge on any atom is 0.251 e. The lowest BCUT2D eigenvalue weighted by molar-refractivity contribution is -0.122. The summed E-state index contributed by atoms with van der Waals surface area (Å²) >= 11 is 5.78. The molecule has 126 valence electrons. The number of amides is 2. The van der Waals surface area contributed by atoms with Crippen molar-refractivity contribution in [1.29, 1.82) is 0 Å². The van der Waals surface area contributed by atoms with Crippen LogP contribution in [0.3, 0.4) is 0 Å². The zero-order chi connectivity index (χ0) is 17.5. The Morgan fingerprint density at radius 3 is 2.33 bits per heavy atom. The molecule has 0 spiro atoms. The summed E-state index contributed by atoms with van der Waals surface area (Å²) < 4.78 is 0. The number of carbonyl (C=O) groups excluding carboxylic acids is 2. The number of aliphatic hydroxyl groups is 1. The van der Waals surface area contributed by atoms with Crippen LogP contribution in [0.15, 0.2) is 48.5 Å². The minimum Gasteiger partial charge on any atom is -0.392 e. The van der Waals surface area contributed by atoms with E-state index in [1.165, 1.54) is 0 Å². The first-order valence-corrected chi connectivity index (χ1v) is 7.91. The highest BCUT2D eigenvalue weighted by Crippen LogP contribution is 2.10. The Kier molecular flexibility index (Phi) is 6.35. The zero-order valence-electron chi connectivity index (χ0n) is 13.3. The van der Waals surface area contributed by atoms with Gasteiger partial charge in [-0.2, -0.15) is 0 Å². The number of halogens is 1. The first kappa shape index (κ1) is 18.0. The molecule has 0 aliphatic carbocycles. The van der Waals surface area contributed by atoms with E-state index in [1.54, 1.807) is 37.3 Å². The summed E-state index contributed by atoms with van der Waals surface area (Å²) in [6, 6.07) is 13.0. The van der Waals surface area contributed by atoms with E-state index in [2.05, 4.69) is 10.6 Å². The van der Waals surface area contributed by atoms with Gasteiger partial charge < -0.3 is 15.7 Å². The fourth-order valence-corrected chi connectivity index (χ4v) is 2.29. The molecule has 0 fully saturated rings. The highest BCUT2D eigenvalue weighted by atomic mass is 35.5. The van der Waals surface area contributed by atoms with Crippen LogP contribution in [0.5, 0.6) is 0 Å². The number of hydrogen-bond acceptors (Lipinski definition) is 3.